The zero-order valence-electron chi connectivity index (χ0n) is 13.2. The zero-order valence-corrected chi connectivity index (χ0v) is 13.2. The van der Waals surface area contributed by atoms with Crippen molar-refractivity contribution >= 4 is 17.4 Å². The lowest BCUT2D eigenvalue weighted by Crippen LogP contribution is -2.20. The van der Waals surface area contributed by atoms with Crippen molar-refractivity contribution in [2.45, 2.75) is 19.9 Å². The molecule has 0 atom stereocenters. The van der Waals surface area contributed by atoms with Gasteiger partial charge in [0.25, 0.3) is 5.91 Å². The number of amides is 1. The maximum absolute atomic E-state index is 12.6. The van der Waals surface area contributed by atoms with Gasteiger partial charge in [-0.2, -0.15) is 10.2 Å². The van der Waals surface area contributed by atoms with Gasteiger partial charge in [-0.1, -0.05) is 6.07 Å². The average molecular weight is 323 g/mol. The van der Waals surface area contributed by atoms with E-state index in [1.54, 1.807) is 23.3 Å². The average Bonchev–Trinajstić information content (AvgIpc) is 3.20. The highest BCUT2D eigenvalue weighted by atomic mass is 16.1. The van der Waals surface area contributed by atoms with Crippen LogP contribution in [-0.2, 0) is 6.54 Å². The highest BCUT2D eigenvalue weighted by molar-refractivity contribution is 6.06. The Labute approximate surface area is 138 Å². The predicted octanol–water partition coefficient (Wildman–Crippen LogP) is 1.84. The number of rotatable bonds is 3. The molecule has 0 radical (unpaired) electrons. The third kappa shape index (κ3) is 2.41. The fourth-order valence-corrected chi connectivity index (χ4v) is 2.80. The van der Waals surface area contributed by atoms with E-state index in [0.717, 1.165) is 31.0 Å². The molecule has 1 aliphatic rings. The van der Waals surface area contributed by atoms with Gasteiger partial charge in [0.15, 0.2) is 5.82 Å². The molecule has 8 nitrogen and oxygen atoms in total. The van der Waals surface area contributed by atoms with Gasteiger partial charge in [-0.3, -0.25) is 4.79 Å². The number of carbonyl (C=O) groups excluding carboxylic acids is 1. The Kier molecular flexibility index (Phi) is 3.49. The van der Waals surface area contributed by atoms with Crippen LogP contribution in [0.15, 0.2) is 36.8 Å². The first kappa shape index (κ1) is 14.4. The number of anilines is 2. The molecule has 3 aromatic rings. The van der Waals surface area contributed by atoms with Gasteiger partial charge in [-0.15, -0.1) is 0 Å². The summed E-state index contributed by atoms with van der Waals surface area (Å²) in [6, 6.07) is 5.57. The van der Waals surface area contributed by atoms with E-state index in [1.807, 2.05) is 29.8 Å². The van der Waals surface area contributed by atoms with Gasteiger partial charge in [-0.05, 0) is 25.5 Å². The van der Waals surface area contributed by atoms with Crippen LogP contribution in [-0.4, -0.2) is 37.0 Å². The largest absolute Gasteiger partial charge is 0.368 e. The minimum atomic E-state index is -0.210. The van der Waals surface area contributed by atoms with Crippen molar-refractivity contribution in [1.82, 2.24) is 24.5 Å². The Morgan fingerprint density at radius 3 is 3.04 bits per heavy atom. The Balaban J connectivity index is 1.60. The normalized spacial score (nSPS) is 13.2. The Morgan fingerprint density at radius 2 is 2.21 bits per heavy atom. The molecule has 0 unspecified atom stereocenters. The Hall–Kier alpha value is -3.16. The molecule has 0 aromatic carbocycles. The molecule has 1 aliphatic heterocycles. The van der Waals surface area contributed by atoms with Crippen LogP contribution >= 0.6 is 0 Å². The lowest BCUT2D eigenvalue weighted by molar-refractivity contribution is 0.102. The summed E-state index contributed by atoms with van der Waals surface area (Å²) in [5.74, 6) is 1.32. The van der Waals surface area contributed by atoms with Crippen molar-refractivity contribution in [1.29, 1.82) is 0 Å². The Morgan fingerprint density at radius 1 is 1.29 bits per heavy atom. The SMILES string of the molecule is Cc1c(C(=O)Nc2cnn3c2NCCC3)cnn1-c1ccccn1. The van der Waals surface area contributed by atoms with Gasteiger partial charge in [-0.25, -0.2) is 14.3 Å². The van der Waals surface area contributed by atoms with E-state index in [4.69, 9.17) is 0 Å². The van der Waals surface area contributed by atoms with E-state index in [1.165, 1.54) is 0 Å². The highest BCUT2D eigenvalue weighted by Gasteiger charge is 2.20. The summed E-state index contributed by atoms with van der Waals surface area (Å²) in [4.78, 5) is 16.9. The molecule has 0 saturated carbocycles. The van der Waals surface area contributed by atoms with Crippen LogP contribution in [0.4, 0.5) is 11.5 Å². The summed E-state index contributed by atoms with van der Waals surface area (Å²) in [5, 5.41) is 14.8. The molecular formula is C16H17N7O. The number of aromatic nitrogens is 5. The molecule has 0 bridgehead atoms. The molecule has 1 amide bonds. The molecule has 24 heavy (non-hydrogen) atoms. The van der Waals surface area contributed by atoms with E-state index in [0.29, 0.717) is 17.1 Å². The maximum Gasteiger partial charge on any atom is 0.259 e. The highest BCUT2D eigenvalue weighted by Crippen LogP contribution is 2.25. The quantitative estimate of drug-likeness (QED) is 0.767. The summed E-state index contributed by atoms with van der Waals surface area (Å²) in [7, 11) is 0. The number of aryl methyl sites for hydroxylation is 1. The molecule has 4 rings (SSSR count). The standard InChI is InChI=1S/C16H17N7O/c1-11-12(9-20-23(11)14-5-2-3-6-17-14)16(24)21-13-10-19-22-8-4-7-18-15(13)22/h2-3,5-6,9-10,18H,4,7-8H2,1H3,(H,21,24). The van der Waals surface area contributed by atoms with Crippen molar-refractivity contribution in [3.05, 3.63) is 48.0 Å². The van der Waals surface area contributed by atoms with Crippen molar-refractivity contribution in [3.8, 4) is 5.82 Å². The van der Waals surface area contributed by atoms with Crippen LogP contribution in [0.1, 0.15) is 22.5 Å². The number of hydrogen-bond donors (Lipinski definition) is 2. The zero-order chi connectivity index (χ0) is 16.5. The third-order valence-corrected chi connectivity index (χ3v) is 4.05. The molecule has 4 heterocycles. The smallest absolute Gasteiger partial charge is 0.259 e. The minimum Gasteiger partial charge on any atom is -0.368 e. The first-order valence-corrected chi connectivity index (χ1v) is 7.81. The van der Waals surface area contributed by atoms with E-state index in [-0.39, 0.29) is 5.91 Å². The van der Waals surface area contributed by atoms with Crippen molar-refractivity contribution in [3.63, 3.8) is 0 Å². The third-order valence-electron chi connectivity index (χ3n) is 4.05. The molecule has 3 aromatic heterocycles. The molecule has 2 N–H and O–H groups in total. The minimum absolute atomic E-state index is 0.210. The number of hydrogen-bond acceptors (Lipinski definition) is 5. The first-order valence-electron chi connectivity index (χ1n) is 7.81. The van der Waals surface area contributed by atoms with Crippen molar-refractivity contribution in [2.75, 3.05) is 17.2 Å². The molecule has 122 valence electrons. The lowest BCUT2D eigenvalue weighted by atomic mass is 10.2. The van der Waals surface area contributed by atoms with Crippen LogP contribution in [0.2, 0.25) is 0 Å². The molecule has 0 aliphatic carbocycles. The second-order valence-corrected chi connectivity index (χ2v) is 5.61. The second-order valence-electron chi connectivity index (χ2n) is 5.61. The van der Waals surface area contributed by atoms with Gasteiger partial charge < -0.3 is 10.6 Å². The van der Waals surface area contributed by atoms with Crippen LogP contribution < -0.4 is 10.6 Å². The van der Waals surface area contributed by atoms with Crippen LogP contribution in [0.3, 0.4) is 0 Å². The summed E-state index contributed by atoms with van der Waals surface area (Å²) in [6.07, 6.45) is 5.95. The summed E-state index contributed by atoms with van der Waals surface area (Å²) >= 11 is 0. The number of nitrogens with one attached hydrogen (secondary N) is 2. The summed E-state index contributed by atoms with van der Waals surface area (Å²) in [6.45, 7) is 3.59. The number of fused-ring (bicyclic) bond motifs is 1. The molecule has 0 spiro atoms. The summed E-state index contributed by atoms with van der Waals surface area (Å²) < 4.78 is 3.52. The molecule has 0 saturated heterocycles. The van der Waals surface area contributed by atoms with Crippen LogP contribution in [0.25, 0.3) is 5.82 Å². The van der Waals surface area contributed by atoms with E-state index < -0.39 is 0 Å². The molecule has 8 heteroatoms. The number of carbonyl (C=O) groups is 1. The van der Waals surface area contributed by atoms with Gasteiger partial charge >= 0.3 is 0 Å². The fraction of sp³-hybridized carbons (Fsp3) is 0.250. The topological polar surface area (TPSA) is 89.7 Å². The summed E-state index contributed by atoms with van der Waals surface area (Å²) in [5.41, 5.74) is 1.93. The lowest BCUT2D eigenvalue weighted by Gasteiger charge is -2.17. The van der Waals surface area contributed by atoms with Crippen molar-refractivity contribution in [2.24, 2.45) is 0 Å². The monoisotopic (exact) mass is 323 g/mol. The number of pyridine rings is 1. The number of nitrogens with zero attached hydrogens (tertiary/aromatic N) is 5. The van der Waals surface area contributed by atoms with Gasteiger partial charge in [0.1, 0.15) is 11.5 Å². The van der Waals surface area contributed by atoms with Crippen molar-refractivity contribution < 1.29 is 4.79 Å². The van der Waals surface area contributed by atoms with Gasteiger partial charge in [0, 0.05) is 19.3 Å². The van der Waals surface area contributed by atoms with Gasteiger partial charge in [0.2, 0.25) is 0 Å². The predicted molar refractivity (Wildman–Crippen MR) is 89.4 cm³/mol. The second kappa shape index (κ2) is 5.80. The maximum atomic E-state index is 12.6. The Bertz CT molecular complexity index is 881. The molecular weight excluding hydrogens is 306 g/mol. The van der Waals surface area contributed by atoms with Gasteiger partial charge in [0.05, 0.1) is 23.7 Å². The molecule has 0 fully saturated rings. The van der Waals surface area contributed by atoms with E-state index in [2.05, 4.69) is 25.8 Å². The van der Waals surface area contributed by atoms with Crippen LogP contribution in [0, 0.1) is 6.92 Å². The first-order chi connectivity index (χ1) is 11.7. The fourth-order valence-electron chi connectivity index (χ4n) is 2.80. The van der Waals surface area contributed by atoms with E-state index >= 15 is 0 Å². The van der Waals surface area contributed by atoms with E-state index in [9.17, 15) is 4.79 Å². The van der Waals surface area contributed by atoms with Crippen LogP contribution in [0.5, 0.6) is 0 Å².